The van der Waals surface area contributed by atoms with Crippen molar-refractivity contribution in [3.63, 3.8) is 0 Å². The van der Waals surface area contributed by atoms with Crippen LogP contribution in [0.5, 0.6) is 0 Å². The number of aliphatic hydroxyl groups is 2. The van der Waals surface area contributed by atoms with Crippen LogP contribution in [0.1, 0.15) is 11.4 Å². The minimum absolute atomic E-state index is 0.0787. The van der Waals surface area contributed by atoms with E-state index in [-0.39, 0.29) is 18.2 Å². The summed E-state index contributed by atoms with van der Waals surface area (Å²) < 4.78 is 0. The van der Waals surface area contributed by atoms with Crippen LogP contribution in [0.2, 0.25) is 0 Å². The first-order chi connectivity index (χ1) is 10.7. The number of aliphatic hydroxyl groups excluding tert-OH is 2. The van der Waals surface area contributed by atoms with Gasteiger partial charge in [-0.3, -0.25) is 5.41 Å². The lowest BCUT2D eigenvalue weighted by Gasteiger charge is -2.17. The lowest BCUT2D eigenvalue weighted by molar-refractivity contribution is 0.265. The Hall–Kier alpha value is -2.18. The van der Waals surface area contributed by atoms with E-state index >= 15 is 0 Å². The Kier molecular flexibility index (Phi) is 4.22. The molecule has 22 heavy (non-hydrogen) atoms. The highest BCUT2D eigenvalue weighted by molar-refractivity contribution is 7.11. The lowest BCUT2D eigenvalue weighted by atomic mass is 10.2. The van der Waals surface area contributed by atoms with Crippen molar-refractivity contribution in [1.82, 2.24) is 9.88 Å². The summed E-state index contributed by atoms with van der Waals surface area (Å²) in [6.07, 6.45) is 0.579. The normalized spacial score (nSPS) is 15.0. The fourth-order valence-electron chi connectivity index (χ4n) is 2.44. The fourth-order valence-corrected chi connectivity index (χ4v) is 3.34. The van der Waals surface area contributed by atoms with E-state index in [1.807, 2.05) is 35.7 Å². The minimum atomic E-state index is 0.0787. The average Bonchev–Trinajstić information content (AvgIpc) is 3.11. The van der Waals surface area contributed by atoms with Gasteiger partial charge in [-0.1, -0.05) is 30.3 Å². The molecule has 2 aromatic rings. The van der Waals surface area contributed by atoms with Crippen LogP contribution in [0, 0.1) is 5.41 Å². The van der Waals surface area contributed by atoms with Crippen LogP contribution in [0.4, 0.5) is 0 Å². The number of thiazole rings is 1. The monoisotopic (exact) mass is 315 g/mol. The second-order valence-electron chi connectivity index (χ2n) is 5.07. The van der Waals surface area contributed by atoms with Crippen molar-refractivity contribution >= 4 is 22.7 Å². The number of benzene rings is 1. The number of rotatable bonds is 5. The van der Waals surface area contributed by atoms with Crippen molar-refractivity contribution in [3.8, 4) is 11.3 Å². The van der Waals surface area contributed by atoms with E-state index in [2.05, 4.69) is 4.98 Å². The molecule has 0 saturated carbocycles. The summed E-state index contributed by atoms with van der Waals surface area (Å²) in [5, 5.41) is 29.9. The van der Waals surface area contributed by atoms with Crippen LogP contribution < -0.4 is 0 Å². The third-order valence-corrected chi connectivity index (χ3v) is 4.42. The molecule has 0 aliphatic carbocycles. The van der Waals surface area contributed by atoms with Crippen LogP contribution in [0.25, 0.3) is 16.8 Å². The molecule has 6 heteroatoms. The van der Waals surface area contributed by atoms with Crippen LogP contribution in [0.15, 0.2) is 41.5 Å². The van der Waals surface area contributed by atoms with Gasteiger partial charge in [-0.05, 0) is 6.42 Å². The minimum Gasteiger partial charge on any atom is -0.510 e. The van der Waals surface area contributed by atoms with Gasteiger partial charge in [0, 0.05) is 24.1 Å². The zero-order valence-corrected chi connectivity index (χ0v) is 12.8. The SMILES string of the molecule is N=C1C(c2nc(-c3ccccc3)cs2)=C(O)CN1CCCO. The number of hydrogen-bond donors (Lipinski definition) is 3. The molecule has 0 spiro atoms. The van der Waals surface area contributed by atoms with E-state index < -0.39 is 0 Å². The summed E-state index contributed by atoms with van der Waals surface area (Å²) in [6, 6.07) is 9.84. The van der Waals surface area contributed by atoms with Gasteiger partial charge in [0.15, 0.2) is 0 Å². The Morgan fingerprint density at radius 3 is 2.77 bits per heavy atom. The van der Waals surface area contributed by atoms with Gasteiger partial charge in [-0.15, -0.1) is 11.3 Å². The number of hydrogen-bond acceptors (Lipinski definition) is 5. The molecule has 2 heterocycles. The van der Waals surface area contributed by atoms with Crippen molar-refractivity contribution in [2.45, 2.75) is 6.42 Å². The Morgan fingerprint density at radius 2 is 2.05 bits per heavy atom. The molecular weight excluding hydrogens is 298 g/mol. The van der Waals surface area contributed by atoms with Crippen molar-refractivity contribution in [3.05, 3.63) is 46.5 Å². The highest BCUT2D eigenvalue weighted by Crippen LogP contribution is 2.32. The van der Waals surface area contributed by atoms with Gasteiger partial charge in [0.25, 0.3) is 0 Å². The summed E-state index contributed by atoms with van der Waals surface area (Å²) in [7, 11) is 0. The molecule has 3 N–H and O–H groups in total. The van der Waals surface area contributed by atoms with Crippen molar-refractivity contribution in [2.75, 3.05) is 19.7 Å². The van der Waals surface area contributed by atoms with Gasteiger partial charge < -0.3 is 15.1 Å². The second kappa shape index (κ2) is 6.29. The van der Waals surface area contributed by atoms with E-state index in [9.17, 15) is 5.11 Å². The van der Waals surface area contributed by atoms with Crippen molar-refractivity contribution in [2.24, 2.45) is 0 Å². The van der Waals surface area contributed by atoms with E-state index in [4.69, 9.17) is 10.5 Å². The lowest BCUT2D eigenvalue weighted by Crippen LogP contribution is -2.28. The predicted molar refractivity (Wildman–Crippen MR) is 88.1 cm³/mol. The van der Waals surface area contributed by atoms with Gasteiger partial charge in [-0.25, -0.2) is 4.98 Å². The molecule has 1 aromatic carbocycles. The van der Waals surface area contributed by atoms with E-state index in [1.165, 1.54) is 11.3 Å². The number of nitrogens with one attached hydrogen (secondary N) is 1. The van der Waals surface area contributed by atoms with Crippen LogP contribution >= 0.6 is 11.3 Å². The van der Waals surface area contributed by atoms with Crippen LogP contribution in [-0.2, 0) is 0 Å². The molecular formula is C16H17N3O2S. The highest BCUT2D eigenvalue weighted by Gasteiger charge is 2.29. The summed E-state index contributed by atoms with van der Waals surface area (Å²) >= 11 is 1.43. The summed E-state index contributed by atoms with van der Waals surface area (Å²) in [4.78, 5) is 6.32. The molecule has 0 radical (unpaired) electrons. The Morgan fingerprint density at radius 1 is 1.27 bits per heavy atom. The Bertz CT molecular complexity index is 709. The molecule has 1 aromatic heterocycles. The Labute approximate surface area is 132 Å². The van der Waals surface area contributed by atoms with Gasteiger partial charge in [0.2, 0.25) is 0 Å². The first-order valence-corrected chi connectivity index (χ1v) is 7.97. The molecule has 0 saturated heterocycles. The topological polar surface area (TPSA) is 80.4 Å². The number of aromatic nitrogens is 1. The first kappa shape index (κ1) is 14.7. The number of nitrogens with zero attached hydrogens (tertiary/aromatic N) is 2. The zero-order valence-electron chi connectivity index (χ0n) is 12.0. The molecule has 1 aliphatic heterocycles. The summed E-state index contributed by atoms with van der Waals surface area (Å²) in [5.41, 5.74) is 2.37. The molecule has 0 unspecified atom stereocenters. The van der Waals surface area contributed by atoms with Crippen molar-refractivity contribution < 1.29 is 10.2 Å². The third kappa shape index (κ3) is 2.75. The molecule has 5 nitrogen and oxygen atoms in total. The fraction of sp³-hybridized carbons (Fsp3) is 0.250. The summed E-state index contributed by atoms with van der Waals surface area (Å²) in [6.45, 7) is 0.948. The van der Waals surface area contributed by atoms with Crippen molar-refractivity contribution in [1.29, 1.82) is 5.41 Å². The predicted octanol–water partition coefficient (Wildman–Crippen LogP) is 2.75. The maximum atomic E-state index is 10.2. The molecule has 0 fully saturated rings. The largest absolute Gasteiger partial charge is 0.510 e. The van der Waals surface area contributed by atoms with E-state index in [0.29, 0.717) is 30.1 Å². The van der Waals surface area contributed by atoms with E-state index in [1.54, 1.807) is 4.90 Å². The first-order valence-electron chi connectivity index (χ1n) is 7.09. The highest BCUT2D eigenvalue weighted by atomic mass is 32.1. The molecule has 0 atom stereocenters. The molecule has 0 amide bonds. The smallest absolute Gasteiger partial charge is 0.135 e. The van der Waals surface area contributed by atoms with Crippen LogP contribution in [-0.4, -0.2) is 45.6 Å². The quantitative estimate of drug-likeness (QED) is 0.792. The standard InChI is InChI=1S/C16H17N3O2S/c17-15-14(13(21)9-19(15)7-4-8-20)16-18-12(10-22-16)11-5-2-1-3-6-11/h1-3,5-6,10,17,20-21H,4,7-9H2. The molecule has 1 aliphatic rings. The Balaban J connectivity index is 1.84. The summed E-state index contributed by atoms with van der Waals surface area (Å²) in [5.74, 6) is 0.455. The maximum absolute atomic E-state index is 10.2. The van der Waals surface area contributed by atoms with Crippen LogP contribution in [0.3, 0.4) is 0 Å². The third-order valence-electron chi connectivity index (χ3n) is 3.56. The maximum Gasteiger partial charge on any atom is 0.135 e. The van der Waals surface area contributed by atoms with Gasteiger partial charge in [-0.2, -0.15) is 0 Å². The zero-order chi connectivity index (χ0) is 15.5. The number of amidine groups is 1. The van der Waals surface area contributed by atoms with Gasteiger partial charge in [0.1, 0.15) is 16.6 Å². The average molecular weight is 315 g/mol. The van der Waals surface area contributed by atoms with E-state index in [0.717, 1.165) is 11.3 Å². The van der Waals surface area contributed by atoms with Gasteiger partial charge in [0.05, 0.1) is 17.8 Å². The molecule has 114 valence electrons. The second-order valence-corrected chi connectivity index (χ2v) is 5.93. The van der Waals surface area contributed by atoms with Gasteiger partial charge >= 0.3 is 0 Å². The molecule has 3 rings (SSSR count). The molecule has 0 bridgehead atoms.